The minimum atomic E-state index is -3.80. The summed E-state index contributed by atoms with van der Waals surface area (Å²) in [6, 6.07) is 19.9. The van der Waals surface area contributed by atoms with Gasteiger partial charge in [-0.15, -0.1) is 0 Å². The summed E-state index contributed by atoms with van der Waals surface area (Å²) in [5, 5.41) is 2.60. The van der Waals surface area contributed by atoms with E-state index in [-0.39, 0.29) is 22.8 Å². The van der Waals surface area contributed by atoms with Crippen LogP contribution in [-0.4, -0.2) is 20.9 Å². The number of hydrogen-bond acceptors (Lipinski definition) is 4. The molecule has 156 valence electrons. The molecule has 0 bridgehead atoms. The summed E-state index contributed by atoms with van der Waals surface area (Å²) in [4.78, 5) is 12.3. The maximum absolute atomic E-state index is 12.5. The number of hydrogen-bond donors (Lipinski definition) is 2. The van der Waals surface area contributed by atoms with Crippen LogP contribution in [0.2, 0.25) is 0 Å². The second-order valence-electron chi connectivity index (χ2n) is 6.16. The minimum Gasteiger partial charge on any atom is -0.434 e. The molecular formula is C21H18F2N2O4S. The zero-order chi connectivity index (χ0) is 21.6. The number of carbonyl (C=O) groups is 1. The number of nitrogens with one attached hydrogen (secondary N) is 2. The molecule has 0 aliphatic carbocycles. The molecule has 6 nitrogen and oxygen atoms in total. The summed E-state index contributed by atoms with van der Waals surface area (Å²) in [6.07, 6.45) is 0. The quantitative estimate of drug-likeness (QED) is 0.563. The van der Waals surface area contributed by atoms with Crippen LogP contribution in [0.15, 0.2) is 83.8 Å². The third-order valence-electron chi connectivity index (χ3n) is 4.08. The van der Waals surface area contributed by atoms with Crippen LogP contribution in [0.1, 0.15) is 15.9 Å². The van der Waals surface area contributed by atoms with E-state index in [4.69, 9.17) is 0 Å². The van der Waals surface area contributed by atoms with Crippen LogP contribution in [0, 0.1) is 0 Å². The fraction of sp³-hybridized carbons (Fsp3) is 0.0952. The molecule has 0 heterocycles. The highest BCUT2D eigenvalue weighted by Gasteiger charge is 2.16. The van der Waals surface area contributed by atoms with E-state index in [9.17, 15) is 22.0 Å². The van der Waals surface area contributed by atoms with Crippen molar-refractivity contribution in [1.82, 2.24) is 5.32 Å². The minimum absolute atomic E-state index is 0.00131. The van der Waals surface area contributed by atoms with Crippen LogP contribution in [-0.2, 0) is 16.6 Å². The van der Waals surface area contributed by atoms with Gasteiger partial charge in [0.15, 0.2) is 0 Å². The van der Waals surface area contributed by atoms with Gasteiger partial charge in [0.05, 0.1) is 4.90 Å². The molecule has 0 fully saturated rings. The largest absolute Gasteiger partial charge is 0.434 e. The predicted molar refractivity (Wildman–Crippen MR) is 108 cm³/mol. The molecule has 0 saturated carbocycles. The van der Waals surface area contributed by atoms with Crippen molar-refractivity contribution in [3.8, 4) is 5.75 Å². The Kier molecular flexibility index (Phi) is 6.63. The summed E-state index contributed by atoms with van der Waals surface area (Å²) in [5.41, 5.74) is 1.03. The first-order valence-corrected chi connectivity index (χ1v) is 10.3. The number of anilines is 1. The molecule has 0 aliphatic rings. The van der Waals surface area contributed by atoms with E-state index < -0.39 is 22.5 Å². The van der Waals surface area contributed by atoms with Crippen molar-refractivity contribution in [2.75, 3.05) is 4.72 Å². The van der Waals surface area contributed by atoms with Gasteiger partial charge in [0, 0.05) is 23.4 Å². The van der Waals surface area contributed by atoms with E-state index >= 15 is 0 Å². The van der Waals surface area contributed by atoms with Crippen LogP contribution in [0.4, 0.5) is 14.5 Å². The lowest BCUT2D eigenvalue weighted by atomic mass is 10.2. The van der Waals surface area contributed by atoms with Crippen molar-refractivity contribution in [3.63, 3.8) is 0 Å². The third kappa shape index (κ3) is 5.54. The summed E-state index contributed by atoms with van der Waals surface area (Å²) < 4.78 is 56.7. The van der Waals surface area contributed by atoms with E-state index in [0.29, 0.717) is 11.3 Å². The SMILES string of the molecule is O=C(NCc1ccccc1OC(F)F)c1ccc(S(=O)(=O)Nc2ccccc2)cc1. The Hall–Kier alpha value is -3.46. The topological polar surface area (TPSA) is 84.5 Å². The molecule has 0 saturated heterocycles. The molecule has 3 rings (SSSR count). The summed E-state index contributed by atoms with van der Waals surface area (Å²) in [6.45, 7) is -3.00. The van der Waals surface area contributed by atoms with Gasteiger partial charge in [0.1, 0.15) is 5.75 Å². The lowest BCUT2D eigenvalue weighted by Crippen LogP contribution is -2.23. The van der Waals surface area contributed by atoms with Crippen molar-refractivity contribution in [3.05, 3.63) is 90.0 Å². The van der Waals surface area contributed by atoms with Crippen LogP contribution in [0.5, 0.6) is 5.75 Å². The summed E-state index contributed by atoms with van der Waals surface area (Å²) in [5.74, 6) is -0.511. The number of para-hydroxylation sites is 2. The highest BCUT2D eigenvalue weighted by Crippen LogP contribution is 2.20. The highest BCUT2D eigenvalue weighted by molar-refractivity contribution is 7.92. The Bertz CT molecular complexity index is 1110. The van der Waals surface area contributed by atoms with Crippen LogP contribution >= 0.6 is 0 Å². The molecule has 0 radical (unpaired) electrons. The number of carbonyl (C=O) groups excluding carboxylic acids is 1. The molecule has 3 aromatic rings. The standard InChI is InChI=1S/C21H18F2N2O4S/c22-21(23)29-19-9-5-4-6-16(19)14-24-20(26)15-10-12-18(13-11-15)30(27,28)25-17-7-2-1-3-8-17/h1-13,21,25H,14H2,(H,24,26). The first kappa shape index (κ1) is 21.3. The maximum atomic E-state index is 12.5. The lowest BCUT2D eigenvalue weighted by Gasteiger charge is -2.12. The Morgan fingerprint density at radius 1 is 0.900 bits per heavy atom. The molecule has 0 aliphatic heterocycles. The van der Waals surface area contributed by atoms with E-state index in [1.54, 1.807) is 48.5 Å². The Balaban J connectivity index is 1.66. The van der Waals surface area contributed by atoms with Gasteiger partial charge < -0.3 is 10.1 Å². The number of alkyl halides is 2. The zero-order valence-electron chi connectivity index (χ0n) is 15.6. The second kappa shape index (κ2) is 9.36. The monoisotopic (exact) mass is 432 g/mol. The Morgan fingerprint density at radius 3 is 2.20 bits per heavy atom. The Labute approximate surface area is 172 Å². The van der Waals surface area contributed by atoms with Crippen LogP contribution in [0.25, 0.3) is 0 Å². The average molecular weight is 432 g/mol. The lowest BCUT2D eigenvalue weighted by molar-refractivity contribution is -0.0504. The number of rotatable bonds is 8. The van der Waals surface area contributed by atoms with E-state index in [2.05, 4.69) is 14.8 Å². The molecule has 0 spiro atoms. The fourth-order valence-corrected chi connectivity index (χ4v) is 3.70. The summed E-state index contributed by atoms with van der Waals surface area (Å²) in [7, 11) is -3.80. The molecule has 0 atom stereocenters. The van der Waals surface area contributed by atoms with Crippen LogP contribution in [0.3, 0.4) is 0 Å². The first-order chi connectivity index (χ1) is 14.3. The number of ether oxygens (including phenoxy) is 1. The van der Waals surface area contributed by atoms with Gasteiger partial charge in [-0.3, -0.25) is 9.52 Å². The first-order valence-electron chi connectivity index (χ1n) is 8.84. The van der Waals surface area contributed by atoms with Crippen molar-refractivity contribution >= 4 is 21.6 Å². The molecule has 3 aromatic carbocycles. The molecule has 30 heavy (non-hydrogen) atoms. The van der Waals surface area contributed by atoms with Crippen LogP contribution < -0.4 is 14.8 Å². The molecule has 0 unspecified atom stereocenters. The number of halogens is 2. The number of sulfonamides is 1. The maximum Gasteiger partial charge on any atom is 0.387 e. The van der Waals surface area contributed by atoms with Gasteiger partial charge in [-0.25, -0.2) is 8.42 Å². The highest BCUT2D eigenvalue weighted by atomic mass is 32.2. The van der Waals surface area contributed by atoms with E-state index in [1.807, 2.05) is 0 Å². The number of benzene rings is 3. The Morgan fingerprint density at radius 2 is 1.53 bits per heavy atom. The predicted octanol–water partition coefficient (Wildman–Crippen LogP) is 4.02. The molecule has 9 heteroatoms. The van der Waals surface area contributed by atoms with Gasteiger partial charge >= 0.3 is 6.61 Å². The average Bonchev–Trinajstić information content (AvgIpc) is 2.73. The summed E-state index contributed by atoms with van der Waals surface area (Å²) >= 11 is 0. The second-order valence-corrected chi connectivity index (χ2v) is 7.85. The zero-order valence-corrected chi connectivity index (χ0v) is 16.4. The molecule has 1 amide bonds. The van der Waals surface area contributed by atoms with E-state index in [0.717, 1.165) is 0 Å². The van der Waals surface area contributed by atoms with Crippen molar-refractivity contribution in [2.24, 2.45) is 0 Å². The van der Waals surface area contributed by atoms with Gasteiger partial charge in [-0.1, -0.05) is 36.4 Å². The smallest absolute Gasteiger partial charge is 0.387 e. The van der Waals surface area contributed by atoms with Crippen molar-refractivity contribution in [2.45, 2.75) is 18.1 Å². The van der Waals surface area contributed by atoms with Gasteiger partial charge in [-0.2, -0.15) is 8.78 Å². The molecular weight excluding hydrogens is 414 g/mol. The molecule has 2 N–H and O–H groups in total. The number of amides is 1. The van der Waals surface area contributed by atoms with Gasteiger partial charge in [0.25, 0.3) is 15.9 Å². The van der Waals surface area contributed by atoms with Crippen molar-refractivity contribution in [1.29, 1.82) is 0 Å². The van der Waals surface area contributed by atoms with Gasteiger partial charge in [-0.05, 0) is 42.5 Å². The van der Waals surface area contributed by atoms with Crippen molar-refractivity contribution < 1.29 is 26.7 Å². The third-order valence-corrected chi connectivity index (χ3v) is 5.48. The fourth-order valence-electron chi connectivity index (χ4n) is 2.64. The van der Waals surface area contributed by atoms with Gasteiger partial charge in [0.2, 0.25) is 0 Å². The van der Waals surface area contributed by atoms with E-state index in [1.165, 1.54) is 30.3 Å². The normalized spacial score (nSPS) is 11.2. The molecule has 0 aromatic heterocycles.